The minimum atomic E-state index is -0.816. The van der Waals surface area contributed by atoms with Crippen molar-refractivity contribution in [1.29, 1.82) is 0 Å². The summed E-state index contributed by atoms with van der Waals surface area (Å²) in [5.41, 5.74) is 1.21. The molecular weight excluding hydrogens is 542 g/mol. The number of barbiturate groups is 1. The van der Waals surface area contributed by atoms with Crippen LogP contribution in [-0.2, 0) is 16.2 Å². The fraction of sp³-hybridized carbons (Fsp3) is 0.0333. The van der Waals surface area contributed by atoms with Crippen molar-refractivity contribution in [2.24, 2.45) is 0 Å². The Bertz CT molecular complexity index is 1530. The van der Waals surface area contributed by atoms with Gasteiger partial charge in [-0.3, -0.25) is 9.59 Å². The average molecular weight is 561 g/mol. The average Bonchev–Trinajstić information content (AvgIpc) is 2.93. The number of anilines is 2. The third kappa shape index (κ3) is 5.41. The maximum Gasteiger partial charge on any atom is 0.343 e. The standard InChI is InChI=1S/C30H19Cl2FN2O4/c31-21-15-20(27(26(32)17-21)39-18-19-11-13-22(33)14-12-19)16-25-28(36)34(23-7-3-1-4-8-23)30(38)35(29(25)37)24-9-5-2-6-10-24/h1-17H,18H2. The highest BCUT2D eigenvalue weighted by Gasteiger charge is 2.43. The highest BCUT2D eigenvalue weighted by atomic mass is 35.5. The van der Waals surface area contributed by atoms with Crippen molar-refractivity contribution in [2.45, 2.75) is 6.61 Å². The lowest BCUT2D eigenvalue weighted by atomic mass is 10.0. The SMILES string of the molecule is O=C1C(=Cc2cc(Cl)cc(Cl)c2OCc2ccc(F)cc2)C(=O)N(c2ccccc2)C(=O)N1c1ccccc1. The van der Waals surface area contributed by atoms with Crippen LogP contribution < -0.4 is 14.5 Å². The molecule has 0 aliphatic carbocycles. The van der Waals surface area contributed by atoms with Gasteiger partial charge in [-0.1, -0.05) is 71.7 Å². The molecule has 0 atom stereocenters. The predicted octanol–water partition coefficient (Wildman–Crippen LogP) is 7.29. The molecule has 1 heterocycles. The number of ether oxygens (including phenoxy) is 1. The van der Waals surface area contributed by atoms with Gasteiger partial charge in [0.15, 0.2) is 0 Å². The van der Waals surface area contributed by atoms with Crippen molar-refractivity contribution < 1.29 is 23.5 Å². The van der Waals surface area contributed by atoms with E-state index < -0.39 is 17.8 Å². The second-order valence-corrected chi connectivity index (χ2v) is 9.36. The van der Waals surface area contributed by atoms with Crippen LogP contribution in [0.25, 0.3) is 6.08 Å². The van der Waals surface area contributed by atoms with Crippen LogP contribution in [0.3, 0.4) is 0 Å². The monoisotopic (exact) mass is 560 g/mol. The Kier molecular flexibility index (Phi) is 7.45. The summed E-state index contributed by atoms with van der Waals surface area (Å²) in [5.74, 6) is -1.86. The Balaban J connectivity index is 1.60. The summed E-state index contributed by atoms with van der Waals surface area (Å²) in [4.78, 5) is 42.7. The minimum Gasteiger partial charge on any atom is -0.487 e. The normalized spacial score (nSPS) is 13.6. The number of imide groups is 2. The first kappa shape index (κ1) is 26.2. The lowest BCUT2D eigenvalue weighted by Crippen LogP contribution is -2.57. The summed E-state index contributed by atoms with van der Waals surface area (Å²) in [7, 11) is 0. The Morgan fingerprint density at radius 2 is 1.28 bits per heavy atom. The van der Waals surface area contributed by atoms with E-state index in [4.69, 9.17) is 27.9 Å². The molecule has 4 aromatic rings. The van der Waals surface area contributed by atoms with Crippen LogP contribution in [0.1, 0.15) is 11.1 Å². The number of para-hydroxylation sites is 2. The maximum atomic E-state index is 13.7. The zero-order valence-corrected chi connectivity index (χ0v) is 21.7. The van der Waals surface area contributed by atoms with Gasteiger partial charge < -0.3 is 4.74 Å². The molecule has 0 bridgehead atoms. The molecule has 6 nitrogen and oxygen atoms in total. The molecule has 1 saturated heterocycles. The van der Waals surface area contributed by atoms with Gasteiger partial charge in [0.25, 0.3) is 11.8 Å². The third-order valence-electron chi connectivity index (χ3n) is 5.91. The molecule has 1 aliphatic heterocycles. The first-order chi connectivity index (χ1) is 18.8. The predicted molar refractivity (Wildman–Crippen MR) is 148 cm³/mol. The number of urea groups is 1. The quantitative estimate of drug-likeness (QED) is 0.183. The summed E-state index contributed by atoms with van der Waals surface area (Å²) in [6.45, 7) is 0.0322. The molecule has 0 unspecified atom stereocenters. The fourth-order valence-electron chi connectivity index (χ4n) is 4.07. The van der Waals surface area contributed by atoms with Crippen LogP contribution >= 0.6 is 23.2 Å². The van der Waals surface area contributed by atoms with Crippen molar-refractivity contribution in [3.05, 3.63) is 130 Å². The van der Waals surface area contributed by atoms with Gasteiger partial charge in [0.2, 0.25) is 0 Å². The van der Waals surface area contributed by atoms with Gasteiger partial charge in [0, 0.05) is 10.6 Å². The molecule has 5 rings (SSSR count). The Morgan fingerprint density at radius 1 is 0.744 bits per heavy atom. The van der Waals surface area contributed by atoms with E-state index in [2.05, 4.69) is 0 Å². The largest absolute Gasteiger partial charge is 0.487 e. The van der Waals surface area contributed by atoms with E-state index >= 15 is 0 Å². The van der Waals surface area contributed by atoms with Gasteiger partial charge in [-0.15, -0.1) is 0 Å². The molecule has 1 aliphatic rings. The van der Waals surface area contributed by atoms with E-state index in [9.17, 15) is 18.8 Å². The van der Waals surface area contributed by atoms with Crippen LogP contribution in [-0.4, -0.2) is 17.8 Å². The smallest absolute Gasteiger partial charge is 0.343 e. The third-order valence-corrected chi connectivity index (χ3v) is 6.41. The summed E-state index contributed by atoms with van der Waals surface area (Å²) in [6, 6.07) is 24.5. The van der Waals surface area contributed by atoms with Gasteiger partial charge >= 0.3 is 6.03 Å². The van der Waals surface area contributed by atoms with Gasteiger partial charge in [-0.2, -0.15) is 0 Å². The first-order valence-corrected chi connectivity index (χ1v) is 12.5. The van der Waals surface area contributed by atoms with E-state index in [1.54, 1.807) is 72.8 Å². The van der Waals surface area contributed by atoms with Crippen LogP contribution in [0.4, 0.5) is 20.6 Å². The molecule has 0 spiro atoms. The summed E-state index contributed by atoms with van der Waals surface area (Å²) in [6.07, 6.45) is 1.31. The second-order valence-electron chi connectivity index (χ2n) is 8.51. The fourth-order valence-corrected chi connectivity index (χ4v) is 4.63. The number of hydrogen-bond donors (Lipinski definition) is 0. The van der Waals surface area contributed by atoms with Crippen molar-refractivity contribution in [1.82, 2.24) is 0 Å². The number of carbonyl (C=O) groups is 3. The maximum absolute atomic E-state index is 13.7. The van der Waals surface area contributed by atoms with Gasteiger partial charge in [-0.05, 0) is 60.2 Å². The number of nitrogens with zero attached hydrogens (tertiary/aromatic N) is 2. The molecule has 4 amide bonds. The van der Waals surface area contributed by atoms with Crippen molar-refractivity contribution >= 4 is 58.5 Å². The second kappa shape index (κ2) is 11.1. The topological polar surface area (TPSA) is 66.9 Å². The highest BCUT2D eigenvalue weighted by molar-refractivity contribution is 6.46. The molecule has 1 fully saturated rings. The van der Waals surface area contributed by atoms with E-state index in [1.165, 1.54) is 30.3 Å². The number of amides is 4. The van der Waals surface area contributed by atoms with Crippen LogP contribution in [0.15, 0.2) is 103 Å². The summed E-state index contributed by atoms with van der Waals surface area (Å²) in [5, 5.41) is 0.385. The Labute approximate surface area is 233 Å². The molecule has 4 aromatic carbocycles. The van der Waals surface area contributed by atoms with Crippen LogP contribution in [0.5, 0.6) is 5.75 Å². The molecule has 194 valence electrons. The molecule has 0 aromatic heterocycles. The zero-order valence-electron chi connectivity index (χ0n) is 20.2. The number of rotatable bonds is 6. The van der Waals surface area contributed by atoms with E-state index in [0.29, 0.717) is 16.9 Å². The lowest BCUT2D eigenvalue weighted by Gasteiger charge is -2.34. The van der Waals surface area contributed by atoms with E-state index in [0.717, 1.165) is 9.80 Å². The van der Waals surface area contributed by atoms with Crippen LogP contribution in [0, 0.1) is 5.82 Å². The zero-order chi connectivity index (χ0) is 27.5. The Hall–Kier alpha value is -4.46. The number of benzene rings is 4. The van der Waals surface area contributed by atoms with Crippen molar-refractivity contribution in [2.75, 3.05) is 9.80 Å². The highest BCUT2D eigenvalue weighted by Crippen LogP contribution is 2.36. The van der Waals surface area contributed by atoms with Crippen molar-refractivity contribution in [3.63, 3.8) is 0 Å². The molecule has 39 heavy (non-hydrogen) atoms. The Morgan fingerprint density at radius 3 is 1.82 bits per heavy atom. The first-order valence-electron chi connectivity index (χ1n) is 11.7. The van der Waals surface area contributed by atoms with Crippen LogP contribution in [0.2, 0.25) is 10.0 Å². The molecule has 0 saturated carbocycles. The van der Waals surface area contributed by atoms with Crippen molar-refractivity contribution in [3.8, 4) is 5.75 Å². The van der Waals surface area contributed by atoms with Gasteiger partial charge in [0.05, 0.1) is 16.4 Å². The van der Waals surface area contributed by atoms with E-state index in [1.807, 2.05) is 0 Å². The van der Waals surface area contributed by atoms with Gasteiger partial charge in [0.1, 0.15) is 23.7 Å². The molecule has 0 N–H and O–H groups in total. The number of halogens is 3. The lowest BCUT2D eigenvalue weighted by molar-refractivity contribution is -0.121. The number of carbonyl (C=O) groups excluding carboxylic acids is 3. The molecule has 0 radical (unpaired) electrons. The molecular formula is C30H19Cl2FN2O4. The summed E-state index contributed by atoms with van der Waals surface area (Å²) >= 11 is 12.7. The van der Waals surface area contributed by atoms with Gasteiger partial charge in [-0.25, -0.2) is 19.0 Å². The molecule has 9 heteroatoms. The minimum absolute atomic E-state index is 0.0322. The summed E-state index contributed by atoms with van der Waals surface area (Å²) < 4.78 is 19.2. The van der Waals surface area contributed by atoms with E-state index in [-0.39, 0.29) is 39.4 Å². The number of hydrogen-bond acceptors (Lipinski definition) is 4.